The summed E-state index contributed by atoms with van der Waals surface area (Å²) in [5.41, 5.74) is -0.519. The fourth-order valence-electron chi connectivity index (χ4n) is 1.30. The topological polar surface area (TPSA) is 58.6 Å². The molecule has 0 fully saturated rings. The number of ether oxygens (including phenoxy) is 1. The number of para-hydroxylation sites is 2. The van der Waals surface area contributed by atoms with Crippen molar-refractivity contribution >= 4 is 11.7 Å². The van der Waals surface area contributed by atoms with Crippen LogP contribution in [0.15, 0.2) is 36.9 Å². The normalized spacial score (nSPS) is 12.6. The number of benzene rings is 1. The largest absolute Gasteiger partial charge is 0.478 e. The van der Waals surface area contributed by atoms with E-state index < -0.39 is 11.6 Å². The van der Waals surface area contributed by atoms with Gasteiger partial charge >= 0.3 is 5.97 Å². The Hall–Kier alpha value is -1.97. The van der Waals surface area contributed by atoms with E-state index >= 15 is 0 Å². The quantitative estimate of drug-likeness (QED) is 0.761. The zero-order chi connectivity index (χ0) is 13.8. The summed E-state index contributed by atoms with van der Waals surface area (Å²) >= 11 is 0. The molecule has 0 spiro atoms. The number of carbonyl (C=O) groups is 1. The minimum Gasteiger partial charge on any atom is -0.478 e. The Morgan fingerprint density at radius 1 is 1.50 bits per heavy atom. The van der Waals surface area contributed by atoms with Crippen LogP contribution in [-0.4, -0.2) is 22.7 Å². The Labute approximate surface area is 107 Å². The van der Waals surface area contributed by atoms with Crippen molar-refractivity contribution in [3.8, 4) is 5.75 Å². The molecule has 0 bridgehead atoms. The number of aliphatic carboxylic acids is 1. The molecular formula is C14H19NO3. The van der Waals surface area contributed by atoms with Crippen LogP contribution in [0.2, 0.25) is 0 Å². The van der Waals surface area contributed by atoms with E-state index in [1.165, 1.54) is 13.8 Å². The molecule has 0 heterocycles. The highest BCUT2D eigenvalue weighted by molar-refractivity contribution is 5.77. The summed E-state index contributed by atoms with van der Waals surface area (Å²) in [4.78, 5) is 11.1. The second-order valence-electron chi connectivity index (χ2n) is 4.58. The number of anilines is 1. The Kier molecular flexibility index (Phi) is 4.37. The van der Waals surface area contributed by atoms with E-state index in [9.17, 15) is 4.79 Å². The summed E-state index contributed by atoms with van der Waals surface area (Å²) < 4.78 is 5.54. The molecule has 0 radical (unpaired) electrons. The van der Waals surface area contributed by atoms with Crippen molar-refractivity contribution in [1.82, 2.24) is 0 Å². The molecule has 1 aromatic carbocycles. The molecule has 0 amide bonds. The van der Waals surface area contributed by atoms with Crippen molar-refractivity contribution in [2.24, 2.45) is 0 Å². The van der Waals surface area contributed by atoms with Gasteiger partial charge in [-0.3, -0.25) is 0 Å². The molecule has 0 aliphatic heterocycles. The molecule has 4 heteroatoms. The second kappa shape index (κ2) is 5.58. The minimum atomic E-state index is -1.27. The van der Waals surface area contributed by atoms with Crippen LogP contribution in [0.25, 0.3) is 0 Å². The molecule has 0 saturated carbocycles. The molecule has 98 valence electrons. The molecule has 1 atom stereocenters. The lowest BCUT2D eigenvalue weighted by molar-refractivity contribution is -0.152. The van der Waals surface area contributed by atoms with E-state index in [4.69, 9.17) is 9.84 Å². The third-order valence-corrected chi connectivity index (χ3v) is 2.50. The summed E-state index contributed by atoms with van der Waals surface area (Å²) in [6.45, 7) is 8.68. The van der Waals surface area contributed by atoms with Gasteiger partial charge in [-0.1, -0.05) is 18.2 Å². The maximum atomic E-state index is 11.1. The van der Waals surface area contributed by atoms with E-state index in [-0.39, 0.29) is 6.04 Å². The van der Waals surface area contributed by atoms with Gasteiger partial charge in [0.1, 0.15) is 5.75 Å². The fourth-order valence-corrected chi connectivity index (χ4v) is 1.30. The predicted molar refractivity (Wildman–Crippen MR) is 72.1 cm³/mol. The molecule has 4 nitrogen and oxygen atoms in total. The van der Waals surface area contributed by atoms with E-state index in [0.29, 0.717) is 5.75 Å². The first kappa shape index (κ1) is 14.1. The summed E-state index contributed by atoms with van der Waals surface area (Å²) in [7, 11) is 0. The molecule has 18 heavy (non-hydrogen) atoms. The van der Waals surface area contributed by atoms with Gasteiger partial charge in [0, 0.05) is 6.04 Å². The lowest BCUT2D eigenvalue weighted by Crippen LogP contribution is -2.38. The predicted octanol–water partition coefficient (Wildman–Crippen LogP) is 2.92. The van der Waals surface area contributed by atoms with Gasteiger partial charge in [-0.25, -0.2) is 4.79 Å². The average molecular weight is 249 g/mol. The van der Waals surface area contributed by atoms with Crippen molar-refractivity contribution in [3.63, 3.8) is 0 Å². The molecule has 0 aliphatic rings. The highest BCUT2D eigenvalue weighted by Crippen LogP contribution is 2.28. The van der Waals surface area contributed by atoms with Gasteiger partial charge in [0.15, 0.2) is 5.60 Å². The molecule has 1 rings (SSSR count). The second-order valence-corrected chi connectivity index (χ2v) is 4.58. The molecule has 0 saturated heterocycles. The van der Waals surface area contributed by atoms with Gasteiger partial charge in [0.2, 0.25) is 0 Å². The lowest BCUT2D eigenvalue weighted by atomic mass is 10.1. The number of nitrogens with one attached hydrogen (secondary N) is 1. The first-order chi connectivity index (χ1) is 8.36. The van der Waals surface area contributed by atoms with Gasteiger partial charge < -0.3 is 15.2 Å². The lowest BCUT2D eigenvalue weighted by Gasteiger charge is -2.24. The van der Waals surface area contributed by atoms with Crippen molar-refractivity contribution in [1.29, 1.82) is 0 Å². The monoisotopic (exact) mass is 249 g/mol. The molecule has 2 N–H and O–H groups in total. The van der Waals surface area contributed by atoms with Crippen LogP contribution in [-0.2, 0) is 4.79 Å². The molecule has 0 aromatic heterocycles. The Morgan fingerprint density at radius 2 is 2.11 bits per heavy atom. The average Bonchev–Trinajstić information content (AvgIpc) is 2.31. The summed E-state index contributed by atoms with van der Waals surface area (Å²) in [6, 6.07) is 7.31. The number of carboxylic acids is 1. The van der Waals surface area contributed by atoms with Gasteiger partial charge in [-0.15, -0.1) is 6.58 Å². The van der Waals surface area contributed by atoms with Crippen LogP contribution in [0.3, 0.4) is 0 Å². The fraction of sp³-hybridized carbons (Fsp3) is 0.357. The zero-order valence-corrected chi connectivity index (χ0v) is 10.9. The number of hydrogen-bond donors (Lipinski definition) is 2. The number of rotatable bonds is 6. The maximum Gasteiger partial charge on any atom is 0.347 e. The maximum absolute atomic E-state index is 11.1. The third-order valence-electron chi connectivity index (χ3n) is 2.50. The van der Waals surface area contributed by atoms with Gasteiger partial charge in [0.25, 0.3) is 0 Å². The van der Waals surface area contributed by atoms with Crippen molar-refractivity contribution in [2.75, 3.05) is 5.32 Å². The van der Waals surface area contributed by atoms with Crippen molar-refractivity contribution in [2.45, 2.75) is 32.4 Å². The Morgan fingerprint density at radius 3 is 2.67 bits per heavy atom. The highest BCUT2D eigenvalue weighted by atomic mass is 16.5. The molecular weight excluding hydrogens is 230 g/mol. The van der Waals surface area contributed by atoms with Gasteiger partial charge in [-0.05, 0) is 32.9 Å². The van der Waals surface area contributed by atoms with Crippen LogP contribution in [0.5, 0.6) is 5.75 Å². The number of carboxylic acid groups (broad SMARTS) is 1. The molecule has 1 aromatic rings. The number of hydrogen-bond acceptors (Lipinski definition) is 3. The summed E-state index contributed by atoms with van der Waals surface area (Å²) in [5, 5.41) is 12.2. The minimum absolute atomic E-state index is 0.0719. The molecule has 0 aliphatic carbocycles. The van der Waals surface area contributed by atoms with Gasteiger partial charge in [-0.2, -0.15) is 0 Å². The first-order valence-corrected chi connectivity index (χ1v) is 5.77. The van der Waals surface area contributed by atoms with E-state index in [1.54, 1.807) is 18.2 Å². The van der Waals surface area contributed by atoms with Crippen LogP contribution in [0.4, 0.5) is 5.69 Å². The van der Waals surface area contributed by atoms with Crippen LogP contribution in [0.1, 0.15) is 20.8 Å². The smallest absolute Gasteiger partial charge is 0.347 e. The summed E-state index contributed by atoms with van der Waals surface area (Å²) in [5.74, 6) is -0.493. The van der Waals surface area contributed by atoms with Crippen LogP contribution in [0, 0.1) is 0 Å². The Balaban J connectivity index is 2.95. The van der Waals surface area contributed by atoms with Crippen LogP contribution < -0.4 is 10.1 Å². The van der Waals surface area contributed by atoms with Crippen molar-refractivity contribution in [3.05, 3.63) is 36.9 Å². The standard InChI is InChI=1S/C14H19NO3/c1-5-10(2)15-11-8-6-7-9-12(11)18-14(3,4)13(16)17/h5-10,15H,1H2,2-4H3,(H,16,17). The highest BCUT2D eigenvalue weighted by Gasteiger charge is 2.30. The van der Waals surface area contributed by atoms with E-state index in [1.807, 2.05) is 19.1 Å². The first-order valence-electron chi connectivity index (χ1n) is 5.77. The SMILES string of the molecule is C=CC(C)Nc1ccccc1OC(C)(C)C(=O)O. The summed E-state index contributed by atoms with van der Waals surface area (Å²) in [6.07, 6.45) is 1.76. The third kappa shape index (κ3) is 3.52. The van der Waals surface area contributed by atoms with E-state index in [2.05, 4.69) is 11.9 Å². The van der Waals surface area contributed by atoms with Gasteiger partial charge in [0.05, 0.1) is 5.69 Å². The molecule has 1 unspecified atom stereocenters. The van der Waals surface area contributed by atoms with Crippen LogP contribution >= 0.6 is 0 Å². The van der Waals surface area contributed by atoms with Crippen molar-refractivity contribution < 1.29 is 14.6 Å². The van der Waals surface area contributed by atoms with E-state index in [0.717, 1.165) is 5.69 Å². The Bertz CT molecular complexity index is 440. The zero-order valence-electron chi connectivity index (χ0n) is 10.9.